The van der Waals surface area contributed by atoms with Crippen molar-refractivity contribution in [2.75, 3.05) is 24.7 Å². The molecule has 0 spiro atoms. The van der Waals surface area contributed by atoms with Crippen molar-refractivity contribution in [1.82, 2.24) is 0 Å². The Morgan fingerprint density at radius 3 is 2.89 bits per heavy atom. The lowest BCUT2D eigenvalue weighted by molar-refractivity contribution is -0.139. The quantitative estimate of drug-likeness (QED) is 0.367. The monoisotopic (exact) mass is 440 g/mol. The van der Waals surface area contributed by atoms with E-state index in [-0.39, 0.29) is 5.97 Å². The van der Waals surface area contributed by atoms with Crippen molar-refractivity contribution >= 4 is 40.9 Å². The molecule has 0 N–H and O–H groups in total. The lowest BCUT2D eigenvalue weighted by Crippen LogP contribution is -2.08. The van der Waals surface area contributed by atoms with Crippen LogP contribution in [0.1, 0.15) is 30.4 Å². The van der Waals surface area contributed by atoms with Crippen LogP contribution < -0.4 is 9.47 Å². The van der Waals surface area contributed by atoms with Gasteiger partial charge in [-0.2, -0.15) is 11.8 Å². The number of carbonyl (C=O) groups is 1. The second-order valence-corrected chi connectivity index (χ2v) is 8.33. The molecule has 0 fully saturated rings. The zero-order valence-corrected chi connectivity index (χ0v) is 17.9. The van der Waals surface area contributed by atoms with Crippen LogP contribution >= 0.6 is 35.0 Å². The summed E-state index contributed by atoms with van der Waals surface area (Å²) >= 11 is 13.7. The first-order valence-corrected chi connectivity index (χ1v) is 11.0. The molecule has 150 valence electrons. The van der Waals surface area contributed by atoms with Crippen molar-refractivity contribution in [2.45, 2.75) is 25.9 Å². The van der Waals surface area contributed by atoms with Crippen molar-refractivity contribution in [3.63, 3.8) is 0 Å². The number of hydrogen-bond acceptors (Lipinski definition) is 5. The van der Waals surface area contributed by atoms with Gasteiger partial charge in [0.15, 0.2) is 0 Å². The van der Waals surface area contributed by atoms with E-state index in [9.17, 15) is 4.79 Å². The molecule has 0 bridgehead atoms. The fraction of sp³-hybridized carbons (Fsp3) is 0.381. The standard InChI is InChI=1S/C21H22Cl2O4S/c1-2-25-21(24)13-28-8-7-14-11-27-20-10-17(5-6-18(14)20)26-12-15-3-4-16(22)9-19(15)23/h3-6,9-10,14H,2,7-8,11-13H2,1H3/t14-/m1/s1. The largest absolute Gasteiger partial charge is 0.493 e. The highest BCUT2D eigenvalue weighted by molar-refractivity contribution is 7.99. The molecule has 0 amide bonds. The lowest BCUT2D eigenvalue weighted by Gasteiger charge is -2.11. The Morgan fingerprint density at radius 1 is 1.25 bits per heavy atom. The zero-order chi connectivity index (χ0) is 19.9. The lowest BCUT2D eigenvalue weighted by atomic mass is 9.99. The average molecular weight is 441 g/mol. The second kappa shape index (κ2) is 10.3. The predicted molar refractivity (Wildman–Crippen MR) is 114 cm³/mol. The maximum absolute atomic E-state index is 11.4. The van der Waals surface area contributed by atoms with Gasteiger partial charge in [-0.25, -0.2) is 0 Å². The minimum absolute atomic E-state index is 0.154. The summed E-state index contributed by atoms with van der Waals surface area (Å²) in [6, 6.07) is 11.3. The Bertz CT molecular complexity index is 828. The molecule has 0 radical (unpaired) electrons. The van der Waals surface area contributed by atoms with Gasteiger partial charge < -0.3 is 14.2 Å². The van der Waals surface area contributed by atoms with E-state index in [0.717, 1.165) is 29.2 Å². The first-order chi connectivity index (χ1) is 13.6. The van der Waals surface area contributed by atoms with Crippen LogP contribution in [-0.4, -0.2) is 30.7 Å². The highest BCUT2D eigenvalue weighted by atomic mass is 35.5. The summed E-state index contributed by atoms with van der Waals surface area (Å²) in [6.07, 6.45) is 0.956. The zero-order valence-electron chi connectivity index (χ0n) is 15.6. The molecule has 4 nitrogen and oxygen atoms in total. The molecular weight excluding hydrogens is 419 g/mol. The van der Waals surface area contributed by atoms with Crippen molar-refractivity contribution in [3.05, 3.63) is 57.6 Å². The number of thioether (sulfide) groups is 1. The average Bonchev–Trinajstić information content (AvgIpc) is 3.07. The highest BCUT2D eigenvalue weighted by Crippen LogP contribution is 2.39. The van der Waals surface area contributed by atoms with Gasteiger partial charge in [-0.1, -0.05) is 35.3 Å². The SMILES string of the molecule is CCOC(=O)CSCC[C@@H]1COc2cc(OCc3ccc(Cl)cc3Cl)ccc21. The van der Waals surface area contributed by atoms with E-state index in [1.807, 2.05) is 25.1 Å². The summed E-state index contributed by atoms with van der Waals surface area (Å²) in [5.74, 6) is 3.07. The maximum Gasteiger partial charge on any atom is 0.315 e. The van der Waals surface area contributed by atoms with E-state index in [0.29, 0.717) is 41.5 Å². The molecule has 1 atom stereocenters. The van der Waals surface area contributed by atoms with Gasteiger partial charge in [0.25, 0.3) is 0 Å². The van der Waals surface area contributed by atoms with E-state index < -0.39 is 0 Å². The molecule has 0 aliphatic carbocycles. The molecule has 2 aromatic rings. The van der Waals surface area contributed by atoms with Gasteiger partial charge in [-0.15, -0.1) is 0 Å². The van der Waals surface area contributed by atoms with Crippen molar-refractivity contribution < 1.29 is 19.0 Å². The Kier molecular flexibility index (Phi) is 7.77. The summed E-state index contributed by atoms with van der Waals surface area (Å²) < 4.78 is 16.6. The molecule has 1 aliphatic rings. The first-order valence-electron chi connectivity index (χ1n) is 9.13. The van der Waals surface area contributed by atoms with Crippen molar-refractivity contribution in [3.8, 4) is 11.5 Å². The van der Waals surface area contributed by atoms with E-state index in [1.165, 1.54) is 5.56 Å². The minimum atomic E-state index is -0.154. The minimum Gasteiger partial charge on any atom is -0.493 e. The Labute approximate surface area is 179 Å². The third-order valence-corrected chi connectivity index (χ3v) is 5.96. The normalized spacial score (nSPS) is 15.0. The summed E-state index contributed by atoms with van der Waals surface area (Å²) in [5, 5.41) is 1.19. The number of hydrogen-bond donors (Lipinski definition) is 0. The summed E-state index contributed by atoms with van der Waals surface area (Å²) in [6.45, 7) is 3.26. The first kappa shape index (κ1) is 21.2. The Hall–Kier alpha value is -1.56. The van der Waals surface area contributed by atoms with Gasteiger partial charge in [0, 0.05) is 33.2 Å². The maximum atomic E-state index is 11.4. The molecular formula is C21H22Cl2O4S. The molecule has 0 aromatic heterocycles. The number of ether oxygens (including phenoxy) is 3. The molecule has 2 aromatic carbocycles. The van der Waals surface area contributed by atoms with Gasteiger partial charge in [0.1, 0.15) is 18.1 Å². The van der Waals surface area contributed by atoms with Crippen LogP contribution in [-0.2, 0) is 16.1 Å². The van der Waals surface area contributed by atoms with Crippen LogP contribution in [0.5, 0.6) is 11.5 Å². The number of esters is 1. The van der Waals surface area contributed by atoms with E-state index in [1.54, 1.807) is 23.9 Å². The van der Waals surface area contributed by atoms with Gasteiger partial charge in [-0.05, 0) is 37.3 Å². The number of rotatable bonds is 9. The van der Waals surface area contributed by atoms with Crippen LogP contribution in [0.2, 0.25) is 10.0 Å². The summed E-state index contributed by atoms with van der Waals surface area (Å²) in [7, 11) is 0. The van der Waals surface area contributed by atoms with Crippen LogP contribution in [0.25, 0.3) is 0 Å². The molecule has 3 rings (SSSR count). The third kappa shape index (κ3) is 5.72. The molecule has 1 heterocycles. The predicted octanol–water partition coefficient (Wildman–Crippen LogP) is 5.73. The fourth-order valence-corrected chi connectivity index (χ4v) is 4.28. The number of halogens is 2. The third-order valence-electron chi connectivity index (χ3n) is 4.41. The number of benzene rings is 2. The summed E-state index contributed by atoms with van der Waals surface area (Å²) in [4.78, 5) is 11.4. The van der Waals surface area contributed by atoms with Gasteiger partial charge in [-0.3, -0.25) is 4.79 Å². The van der Waals surface area contributed by atoms with Crippen LogP contribution in [0.15, 0.2) is 36.4 Å². The molecule has 7 heteroatoms. The van der Waals surface area contributed by atoms with E-state index >= 15 is 0 Å². The van der Waals surface area contributed by atoms with Crippen molar-refractivity contribution in [1.29, 1.82) is 0 Å². The number of carbonyl (C=O) groups excluding carboxylic acids is 1. The Balaban J connectivity index is 1.50. The van der Waals surface area contributed by atoms with Crippen LogP contribution in [0, 0.1) is 0 Å². The molecule has 0 saturated heterocycles. The van der Waals surface area contributed by atoms with E-state index in [4.69, 9.17) is 37.4 Å². The van der Waals surface area contributed by atoms with Gasteiger partial charge in [0.05, 0.1) is 19.0 Å². The summed E-state index contributed by atoms with van der Waals surface area (Å²) in [5.41, 5.74) is 2.07. The molecule has 1 aliphatic heterocycles. The highest BCUT2D eigenvalue weighted by Gasteiger charge is 2.24. The van der Waals surface area contributed by atoms with E-state index in [2.05, 4.69) is 6.07 Å². The Morgan fingerprint density at radius 2 is 2.11 bits per heavy atom. The molecule has 28 heavy (non-hydrogen) atoms. The van der Waals surface area contributed by atoms with Gasteiger partial charge in [0.2, 0.25) is 0 Å². The fourth-order valence-electron chi connectivity index (χ4n) is 2.97. The molecule has 0 saturated carbocycles. The second-order valence-electron chi connectivity index (χ2n) is 6.38. The van der Waals surface area contributed by atoms with Crippen LogP contribution in [0.3, 0.4) is 0 Å². The topological polar surface area (TPSA) is 44.8 Å². The van der Waals surface area contributed by atoms with Gasteiger partial charge >= 0.3 is 5.97 Å². The number of fused-ring (bicyclic) bond motifs is 1. The molecule has 0 unspecified atom stereocenters. The van der Waals surface area contributed by atoms with Crippen LogP contribution in [0.4, 0.5) is 0 Å². The smallest absolute Gasteiger partial charge is 0.315 e. The van der Waals surface area contributed by atoms with Crippen molar-refractivity contribution in [2.24, 2.45) is 0 Å².